The minimum atomic E-state index is -0.00210. The van der Waals surface area contributed by atoms with Gasteiger partial charge in [0.05, 0.1) is 13.7 Å². The zero-order chi connectivity index (χ0) is 13.5. The van der Waals surface area contributed by atoms with E-state index in [0.717, 1.165) is 5.56 Å². The van der Waals surface area contributed by atoms with E-state index in [2.05, 4.69) is 5.32 Å². The summed E-state index contributed by atoms with van der Waals surface area (Å²) in [5.41, 5.74) is 0.931. The summed E-state index contributed by atoms with van der Waals surface area (Å²) in [5, 5.41) is 12.4. The fourth-order valence-electron chi connectivity index (χ4n) is 1.70. The maximum atomic E-state index is 11.4. The van der Waals surface area contributed by atoms with Gasteiger partial charge in [-0.05, 0) is 31.7 Å². The second-order valence-electron chi connectivity index (χ2n) is 4.13. The quantitative estimate of drug-likeness (QED) is 0.792. The molecular weight excluding hydrogens is 232 g/mol. The van der Waals surface area contributed by atoms with Crippen molar-refractivity contribution in [1.29, 1.82) is 0 Å². The number of nitrogens with one attached hydrogen (secondary N) is 1. The van der Waals surface area contributed by atoms with Crippen LogP contribution in [0.3, 0.4) is 0 Å². The summed E-state index contributed by atoms with van der Waals surface area (Å²) in [7, 11) is 3.37. The van der Waals surface area contributed by atoms with Gasteiger partial charge < -0.3 is 15.2 Å². The average Bonchev–Trinajstić information content (AvgIpc) is 2.29. The molecule has 0 radical (unpaired) electrons. The summed E-state index contributed by atoms with van der Waals surface area (Å²) in [6, 6.07) is 5.23. The summed E-state index contributed by atoms with van der Waals surface area (Å²) in [6.45, 7) is 3.45. The van der Waals surface area contributed by atoms with Crippen LogP contribution < -0.4 is 10.1 Å². The standard InChI is InChI=1S/C13H20N2O3/c1-4-14-13(17)9-15(2)8-10-5-6-12(18-3)11(16)7-10/h5-7,16H,4,8-9H2,1-3H3,(H,14,17). The van der Waals surface area contributed by atoms with E-state index in [9.17, 15) is 9.90 Å². The number of carbonyl (C=O) groups excluding carboxylic acids is 1. The van der Waals surface area contributed by atoms with Crippen molar-refractivity contribution in [2.24, 2.45) is 0 Å². The predicted molar refractivity (Wildman–Crippen MR) is 69.7 cm³/mol. The minimum absolute atomic E-state index is 0.00210. The lowest BCUT2D eigenvalue weighted by Gasteiger charge is -2.16. The highest BCUT2D eigenvalue weighted by Gasteiger charge is 2.08. The molecule has 0 spiro atoms. The molecule has 0 aliphatic rings. The van der Waals surface area contributed by atoms with Gasteiger partial charge in [-0.3, -0.25) is 9.69 Å². The molecule has 0 aromatic heterocycles. The SMILES string of the molecule is CCNC(=O)CN(C)Cc1ccc(OC)c(O)c1. The lowest BCUT2D eigenvalue weighted by atomic mass is 10.2. The molecule has 0 saturated heterocycles. The number of hydrogen-bond donors (Lipinski definition) is 2. The first-order valence-corrected chi connectivity index (χ1v) is 5.88. The molecule has 5 nitrogen and oxygen atoms in total. The monoisotopic (exact) mass is 252 g/mol. The Labute approximate surface area is 107 Å². The Morgan fingerprint density at radius 3 is 2.78 bits per heavy atom. The maximum Gasteiger partial charge on any atom is 0.234 e. The average molecular weight is 252 g/mol. The van der Waals surface area contributed by atoms with Crippen molar-refractivity contribution >= 4 is 5.91 Å². The highest BCUT2D eigenvalue weighted by Crippen LogP contribution is 2.26. The van der Waals surface area contributed by atoms with E-state index >= 15 is 0 Å². The van der Waals surface area contributed by atoms with Crippen LogP contribution in [-0.4, -0.2) is 43.2 Å². The molecule has 18 heavy (non-hydrogen) atoms. The first-order valence-electron chi connectivity index (χ1n) is 5.88. The van der Waals surface area contributed by atoms with E-state index < -0.39 is 0 Å². The zero-order valence-electron chi connectivity index (χ0n) is 11.1. The van der Waals surface area contributed by atoms with E-state index in [-0.39, 0.29) is 11.7 Å². The lowest BCUT2D eigenvalue weighted by Crippen LogP contribution is -2.34. The first-order chi connectivity index (χ1) is 8.56. The number of phenolic OH excluding ortho intramolecular Hbond substituents is 1. The van der Waals surface area contributed by atoms with Crippen LogP contribution in [0.2, 0.25) is 0 Å². The first kappa shape index (κ1) is 14.3. The number of nitrogens with zero attached hydrogens (tertiary/aromatic N) is 1. The van der Waals surface area contributed by atoms with Crippen molar-refractivity contribution in [2.45, 2.75) is 13.5 Å². The Morgan fingerprint density at radius 1 is 1.50 bits per heavy atom. The Hall–Kier alpha value is -1.75. The molecule has 0 saturated carbocycles. The van der Waals surface area contributed by atoms with Gasteiger partial charge in [0.15, 0.2) is 11.5 Å². The Morgan fingerprint density at radius 2 is 2.22 bits per heavy atom. The lowest BCUT2D eigenvalue weighted by molar-refractivity contribution is -0.121. The number of hydrogen-bond acceptors (Lipinski definition) is 4. The highest BCUT2D eigenvalue weighted by molar-refractivity contribution is 5.77. The van der Waals surface area contributed by atoms with Crippen molar-refractivity contribution in [2.75, 3.05) is 27.2 Å². The van der Waals surface area contributed by atoms with E-state index in [1.807, 2.05) is 24.9 Å². The molecule has 1 aromatic rings. The van der Waals surface area contributed by atoms with Crippen molar-refractivity contribution < 1.29 is 14.6 Å². The van der Waals surface area contributed by atoms with E-state index in [4.69, 9.17) is 4.74 Å². The van der Waals surface area contributed by atoms with Gasteiger partial charge in [-0.25, -0.2) is 0 Å². The summed E-state index contributed by atoms with van der Waals surface area (Å²) < 4.78 is 4.97. The third kappa shape index (κ3) is 4.25. The molecule has 0 fully saturated rings. The topological polar surface area (TPSA) is 61.8 Å². The van der Waals surface area contributed by atoms with Gasteiger partial charge in [-0.2, -0.15) is 0 Å². The predicted octanol–water partition coefficient (Wildman–Crippen LogP) is 0.969. The van der Waals surface area contributed by atoms with Gasteiger partial charge in [-0.15, -0.1) is 0 Å². The van der Waals surface area contributed by atoms with Crippen LogP contribution in [0, 0.1) is 0 Å². The van der Waals surface area contributed by atoms with Crippen LogP contribution in [-0.2, 0) is 11.3 Å². The number of phenols is 1. The number of ether oxygens (including phenoxy) is 1. The summed E-state index contributed by atoms with van der Waals surface area (Å²) in [4.78, 5) is 13.3. The fraction of sp³-hybridized carbons (Fsp3) is 0.462. The molecular formula is C13H20N2O3. The number of carbonyl (C=O) groups is 1. The van der Waals surface area contributed by atoms with Crippen LogP contribution >= 0.6 is 0 Å². The molecule has 0 aliphatic carbocycles. The zero-order valence-corrected chi connectivity index (χ0v) is 11.1. The van der Waals surface area contributed by atoms with Crippen molar-refractivity contribution in [3.8, 4) is 11.5 Å². The Bertz CT molecular complexity index is 407. The molecule has 0 heterocycles. The van der Waals surface area contributed by atoms with Crippen LogP contribution in [0.15, 0.2) is 18.2 Å². The van der Waals surface area contributed by atoms with Crippen LogP contribution in [0.1, 0.15) is 12.5 Å². The molecule has 1 rings (SSSR count). The van der Waals surface area contributed by atoms with Crippen molar-refractivity contribution in [3.05, 3.63) is 23.8 Å². The van der Waals surface area contributed by atoms with Gasteiger partial charge in [0.2, 0.25) is 5.91 Å². The number of rotatable bonds is 6. The maximum absolute atomic E-state index is 11.4. The van der Waals surface area contributed by atoms with Crippen molar-refractivity contribution in [1.82, 2.24) is 10.2 Å². The molecule has 100 valence electrons. The summed E-state index contributed by atoms with van der Waals surface area (Å²) in [6.07, 6.45) is 0. The molecule has 2 N–H and O–H groups in total. The molecule has 1 amide bonds. The number of benzene rings is 1. The van der Waals surface area contributed by atoms with Gasteiger partial charge in [-0.1, -0.05) is 6.07 Å². The van der Waals surface area contributed by atoms with Crippen LogP contribution in [0.25, 0.3) is 0 Å². The van der Waals surface area contributed by atoms with Gasteiger partial charge in [0, 0.05) is 13.1 Å². The Kier molecular flexibility index (Phi) is 5.45. The van der Waals surface area contributed by atoms with Gasteiger partial charge in [0.25, 0.3) is 0 Å². The summed E-state index contributed by atoms with van der Waals surface area (Å²) in [5.74, 6) is 0.560. The molecule has 0 atom stereocenters. The molecule has 0 aliphatic heterocycles. The van der Waals surface area contributed by atoms with E-state index in [1.165, 1.54) is 7.11 Å². The molecule has 0 bridgehead atoms. The third-order valence-electron chi connectivity index (χ3n) is 2.48. The van der Waals surface area contributed by atoms with Crippen LogP contribution in [0.5, 0.6) is 11.5 Å². The second-order valence-corrected chi connectivity index (χ2v) is 4.13. The molecule has 0 unspecified atom stereocenters. The highest BCUT2D eigenvalue weighted by atomic mass is 16.5. The number of amides is 1. The normalized spacial score (nSPS) is 10.4. The smallest absolute Gasteiger partial charge is 0.234 e. The largest absolute Gasteiger partial charge is 0.504 e. The van der Waals surface area contributed by atoms with E-state index in [0.29, 0.717) is 25.4 Å². The number of methoxy groups -OCH3 is 1. The molecule has 5 heteroatoms. The minimum Gasteiger partial charge on any atom is -0.504 e. The second kappa shape index (κ2) is 6.86. The Balaban J connectivity index is 2.56. The van der Waals surface area contributed by atoms with Crippen molar-refractivity contribution in [3.63, 3.8) is 0 Å². The third-order valence-corrected chi connectivity index (χ3v) is 2.48. The number of aromatic hydroxyl groups is 1. The molecule has 1 aromatic carbocycles. The van der Waals surface area contributed by atoms with Gasteiger partial charge >= 0.3 is 0 Å². The van der Waals surface area contributed by atoms with E-state index in [1.54, 1.807) is 12.1 Å². The summed E-state index contributed by atoms with van der Waals surface area (Å²) >= 11 is 0. The van der Waals surface area contributed by atoms with Crippen LogP contribution in [0.4, 0.5) is 0 Å². The number of likely N-dealkylation sites (N-methyl/N-ethyl adjacent to an activating group) is 2. The fourth-order valence-corrected chi connectivity index (χ4v) is 1.70. The van der Waals surface area contributed by atoms with Gasteiger partial charge in [0.1, 0.15) is 0 Å².